The average molecular weight is 307 g/mol. The number of hydrogen-bond acceptors (Lipinski definition) is 2. The normalized spacial score (nSPS) is 10.7. The van der Waals surface area contributed by atoms with Crippen LogP contribution in [0.25, 0.3) is 11.3 Å². The van der Waals surface area contributed by atoms with Crippen LogP contribution in [-0.2, 0) is 19.6 Å². The molecule has 3 heteroatoms. The van der Waals surface area contributed by atoms with Crippen molar-refractivity contribution in [2.24, 2.45) is 0 Å². The van der Waals surface area contributed by atoms with E-state index in [-0.39, 0.29) is 6.61 Å². The summed E-state index contributed by atoms with van der Waals surface area (Å²) in [7, 11) is 0. The lowest BCUT2D eigenvalue weighted by atomic mass is 10.0. The minimum atomic E-state index is 0.0674. The summed E-state index contributed by atoms with van der Waals surface area (Å²) in [5.41, 5.74) is 5.47. The van der Waals surface area contributed by atoms with Gasteiger partial charge in [0.15, 0.2) is 0 Å². The zero-order chi connectivity index (χ0) is 16.1. The Kier molecular flexibility index (Phi) is 4.79. The standard InChI is InChI=1S/C20H21NO2/c1-2-19-17(13-22)12-21-20(19)16-8-10-18(11-9-16)23-14-15-6-4-3-5-7-15/h3-12,21-22H,2,13-14H2,1H3. The fourth-order valence-corrected chi connectivity index (χ4v) is 2.76. The van der Waals surface area contributed by atoms with Crippen LogP contribution in [0.1, 0.15) is 23.6 Å². The Hall–Kier alpha value is -2.52. The van der Waals surface area contributed by atoms with E-state index < -0.39 is 0 Å². The van der Waals surface area contributed by atoms with Crippen LogP contribution in [-0.4, -0.2) is 10.1 Å². The average Bonchev–Trinajstić information content (AvgIpc) is 3.04. The molecule has 118 valence electrons. The Morgan fingerprint density at radius 2 is 1.74 bits per heavy atom. The van der Waals surface area contributed by atoms with E-state index >= 15 is 0 Å². The van der Waals surface area contributed by atoms with Crippen molar-refractivity contribution in [3.8, 4) is 17.0 Å². The quantitative estimate of drug-likeness (QED) is 0.712. The molecule has 3 rings (SSSR count). The minimum Gasteiger partial charge on any atom is -0.489 e. The molecule has 0 aliphatic heterocycles. The SMILES string of the molecule is CCc1c(CO)c[nH]c1-c1ccc(OCc2ccccc2)cc1. The van der Waals surface area contributed by atoms with Crippen LogP contribution >= 0.6 is 0 Å². The van der Waals surface area contributed by atoms with Gasteiger partial charge in [0.25, 0.3) is 0 Å². The number of rotatable bonds is 6. The van der Waals surface area contributed by atoms with E-state index in [1.165, 1.54) is 5.56 Å². The predicted octanol–water partition coefficient (Wildman–Crippen LogP) is 4.32. The number of H-pyrrole nitrogens is 1. The van der Waals surface area contributed by atoms with Gasteiger partial charge >= 0.3 is 0 Å². The second-order valence-corrected chi connectivity index (χ2v) is 5.48. The molecule has 23 heavy (non-hydrogen) atoms. The first-order valence-corrected chi connectivity index (χ1v) is 7.89. The summed E-state index contributed by atoms with van der Waals surface area (Å²) in [5.74, 6) is 0.851. The van der Waals surface area contributed by atoms with Gasteiger partial charge in [0.2, 0.25) is 0 Å². The predicted molar refractivity (Wildman–Crippen MR) is 92.3 cm³/mol. The Labute approximate surface area is 136 Å². The molecule has 0 saturated carbocycles. The second kappa shape index (κ2) is 7.16. The van der Waals surface area contributed by atoms with Gasteiger partial charge in [-0.2, -0.15) is 0 Å². The third-order valence-electron chi connectivity index (χ3n) is 4.00. The van der Waals surface area contributed by atoms with Gasteiger partial charge in [-0.1, -0.05) is 37.3 Å². The molecule has 2 N–H and O–H groups in total. The van der Waals surface area contributed by atoms with Crippen molar-refractivity contribution in [3.05, 3.63) is 77.5 Å². The molecular weight excluding hydrogens is 286 g/mol. The van der Waals surface area contributed by atoms with E-state index in [1.54, 1.807) is 0 Å². The van der Waals surface area contributed by atoms with E-state index in [1.807, 2.05) is 48.7 Å². The summed E-state index contributed by atoms with van der Waals surface area (Å²) in [5, 5.41) is 9.39. The van der Waals surface area contributed by atoms with Gasteiger partial charge in [0, 0.05) is 11.9 Å². The molecule has 3 aromatic rings. The van der Waals surface area contributed by atoms with Crippen molar-refractivity contribution in [1.82, 2.24) is 4.98 Å². The van der Waals surface area contributed by atoms with Crippen LogP contribution in [0.5, 0.6) is 5.75 Å². The molecule has 0 spiro atoms. The molecule has 2 aromatic carbocycles. The van der Waals surface area contributed by atoms with Crippen LogP contribution in [0.2, 0.25) is 0 Å². The van der Waals surface area contributed by atoms with Gasteiger partial charge < -0.3 is 14.8 Å². The molecule has 0 aliphatic carbocycles. The van der Waals surface area contributed by atoms with Crippen molar-refractivity contribution >= 4 is 0 Å². The van der Waals surface area contributed by atoms with Crippen LogP contribution < -0.4 is 4.74 Å². The summed E-state index contributed by atoms with van der Waals surface area (Å²) < 4.78 is 5.82. The first-order chi connectivity index (χ1) is 11.3. The molecule has 1 heterocycles. The summed E-state index contributed by atoms with van der Waals surface area (Å²) in [6, 6.07) is 18.2. The fourth-order valence-electron chi connectivity index (χ4n) is 2.76. The van der Waals surface area contributed by atoms with Crippen molar-refractivity contribution in [1.29, 1.82) is 0 Å². The van der Waals surface area contributed by atoms with E-state index in [2.05, 4.69) is 24.0 Å². The highest BCUT2D eigenvalue weighted by Crippen LogP contribution is 2.27. The van der Waals surface area contributed by atoms with E-state index in [0.717, 1.165) is 34.6 Å². The van der Waals surface area contributed by atoms with Crippen molar-refractivity contribution in [2.75, 3.05) is 0 Å². The maximum absolute atomic E-state index is 9.39. The Balaban J connectivity index is 1.73. The topological polar surface area (TPSA) is 45.2 Å². The summed E-state index contributed by atoms with van der Waals surface area (Å²) in [6.07, 6.45) is 2.77. The second-order valence-electron chi connectivity index (χ2n) is 5.48. The van der Waals surface area contributed by atoms with Gasteiger partial charge in [-0.05, 0) is 52.9 Å². The van der Waals surface area contributed by atoms with Crippen LogP contribution in [0, 0.1) is 0 Å². The van der Waals surface area contributed by atoms with Crippen molar-refractivity contribution in [2.45, 2.75) is 26.6 Å². The number of benzene rings is 2. The minimum absolute atomic E-state index is 0.0674. The number of nitrogens with one attached hydrogen (secondary N) is 1. The molecule has 0 fully saturated rings. The van der Waals surface area contributed by atoms with Gasteiger partial charge in [-0.3, -0.25) is 0 Å². The lowest BCUT2D eigenvalue weighted by molar-refractivity contribution is 0.281. The number of aliphatic hydroxyl groups is 1. The highest BCUT2D eigenvalue weighted by molar-refractivity contribution is 5.66. The number of ether oxygens (including phenoxy) is 1. The zero-order valence-corrected chi connectivity index (χ0v) is 13.3. The number of aliphatic hydroxyl groups excluding tert-OH is 1. The van der Waals surface area contributed by atoms with Gasteiger partial charge in [-0.15, -0.1) is 0 Å². The number of aromatic nitrogens is 1. The first kappa shape index (κ1) is 15.4. The number of hydrogen-bond donors (Lipinski definition) is 2. The van der Waals surface area contributed by atoms with Crippen molar-refractivity contribution in [3.63, 3.8) is 0 Å². The molecule has 3 nitrogen and oxygen atoms in total. The maximum Gasteiger partial charge on any atom is 0.119 e. The Morgan fingerprint density at radius 1 is 1.00 bits per heavy atom. The van der Waals surface area contributed by atoms with Crippen LogP contribution in [0.3, 0.4) is 0 Å². The molecule has 0 radical (unpaired) electrons. The molecule has 0 saturated heterocycles. The maximum atomic E-state index is 9.39. The van der Waals surface area contributed by atoms with E-state index in [9.17, 15) is 5.11 Å². The molecule has 0 unspecified atom stereocenters. The van der Waals surface area contributed by atoms with Gasteiger partial charge in [-0.25, -0.2) is 0 Å². The molecule has 0 aliphatic rings. The fraction of sp³-hybridized carbons (Fsp3) is 0.200. The highest BCUT2D eigenvalue weighted by Gasteiger charge is 2.10. The summed E-state index contributed by atoms with van der Waals surface area (Å²) in [6.45, 7) is 2.73. The first-order valence-electron chi connectivity index (χ1n) is 7.89. The highest BCUT2D eigenvalue weighted by atomic mass is 16.5. The number of aromatic amines is 1. The lowest BCUT2D eigenvalue weighted by Crippen LogP contribution is -1.95. The van der Waals surface area contributed by atoms with Crippen molar-refractivity contribution < 1.29 is 9.84 Å². The van der Waals surface area contributed by atoms with Crippen LogP contribution in [0.4, 0.5) is 0 Å². The third-order valence-corrected chi connectivity index (χ3v) is 4.00. The molecule has 0 bridgehead atoms. The molecule has 0 atom stereocenters. The third kappa shape index (κ3) is 3.46. The zero-order valence-electron chi connectivity index (χ0n) is 13.3. The van der Waals surface area contributed by atoms with Crippen LogP contribution in [0.15, 0.2) is 60.8 Å². The lowest BCUT2D eigenvalue weighted by Gasteiger charge is -2.08. The summed E-state index contributed by atoms with van der Waals surface area (Å²) >= 11 is 0. The van der Waals surface area contributed by atoms with Gasteiger partial charge in [0.05, 0.1) is 6.61 Å². The largest absolute Gasteiger partial charge is 0.489 e. The summed E-state index contributed by atoms with van der Waals surface area (Å²) in [4.78, 5) is 3.27. The molecule has 1 aromatic heterocycles. The van der Waals surface area contributed by atoms with E-state index in [4.69, 9.17) is 4.74 Å². The molecule has 0 amide bonds. The Bertz CT molecular complexity index is 745. The Morgan fingerprint density at radius 3 is 2.39 bits per heavy atom. The smallest absolute Gasteiger partial charge is 0.119 e. The van der Waals surface area contributed by atoms with Gasteiger partial charge in [0.1, 0.15) is 12.4 Å². The van der Waals surface area contributed by atoms with E-state index in [0.29, 0.717) is 6.61 Å². The molecular formula is C20H21NO2. The monoisotopic (exact) mass is 307 g/mol.